The number of hydrogen-bond acceptors (Lipinski definition) is 3. The van der Waals surface area contributed by atoms with Crippen molar-refractivity contribution in [3.63, 3.8) is 0 Å². The van der Waals surface area contributed by atoms with Gasteiger partial charge in [0, 0.05) is 17.3 Å². The van der Waals surface area contributed by atoms with E-state index < -0.39 is 0 Å². The van der Waals surface area contributed by atoms with E-state index in [4.69, 9.17) is 9.47 Å². The molecule has 1 unspecified atom stereocenters. The summed E-state index contributed by atoms with van der Waals surface area (Å²) in [5.41, 5.74) is 2.20. The van der Waals surface area contributed by atoms with E-state index in [1.165, 1.54) is 0 Å². The molecule has 1 atom stereocenters. The molecule has 0 bridgehead atoms. The number of anilines is 1. The molecule has 0 heterocycles. The molecule has 1 N–H and O–H groups in total. The van der Waals surface area contributed by atoms with Gasteiger partial charge in [-0.1, -0.05) is 24.3 Å². The lowest BCUT2D eigenvalue weighted by Crippen LogP contribution is -2.09. The Morgan fingerprint density at radius 1 is 0.952 bits per heavy atom. The predicted molar refractivity (Wildman–Crippen MR) is 87.3 cm³/mol. The Kier molecular flexibility index (Phi) is 5.50. The third-order valence-corrected chi connectivity index (χ3v) is 3.21. The second-order valence-corrected chi connectivity index (χ2v) is 4.80. The largest absolute Gasteiger partial charge is 0.494 e. The number of hydrogen-bond donors (Lipinski definition) is 1. The molecule has 0 saturated carbocycles. The summed E-state index contributed by atoms with van der Waals surface area (Å²) in [6, 6.07) is 16.3. The van der Waals surface area contributed by atoms with Gasteiger partial charge >= 0.3 is 0 Å². The second kappa shape index (κ2) is 7.58. The van der Waals surface area contributed by atoms with E-state index in [0.717, 1.165) is 22.7 Å². The summed E-state index contributed by atoms with van der Waals surface area (Å²) in [6.07, 6.45) is 0. The highest BCUT2D eigenvalue weighted by Crippen LogP contribution is 2.28. The molecular formula is C18H23NO2. The number of benzene rings is 2. The molecule has 0 aliphatic carbocycles. The van der Waals surface area contributed by atoms with Crippen LogP contribution in [0.2, 0.25) is 0 Å². The average Bonchev–Trinajstić information content (AvgIpc) is 2.49. The molecule has 0 amide bonds. The molecule has 0 radical (unpaired) electrons. The van der Waals surface area contributed by atoms with Crippen LogP contribution in [0.4, 0.5) is 5.69 Å². The normalized spacial score (nSPS) is 11.8. The molecule has 2 rings (SSSR count). The van der Waals surface area contributed by atoms with Crippen molar-refractivity contribution >= 4 is 5.69 Å². The van der Waals surface area contributed by atoms with Gasteiger partial charge in [0.1, 0.15) is 11.5 Å². The molecule has 112 valence electrons. The lowest BCUT2D eigenvalue weighted by atomic mass is 10.1. The maximum atomic E-state index is 5.69. The van der Waals surface area contributed by atoms with Gasteiger partial charge in [-0.3, -0.25) is 0 Å². The van der Waals surface area contributed by atoms with Crippen LogP contribution in [0.5, 0.6) is 11.5 Å². The van der Waals surface area contributed by atoms with Crippen molar-refractivity contribution in [3.8, 4) is 11.5 Å². The Labute approximate surface area is 126 Å². The number of para-hydroxylation sites is 1. The number of nitrogens with one attached hydrogen (secondary N) is 1. The Balaban J connectivity index is 2.14. The number of rotatable bonds is 7. The minimum Gasteiger partial charge on any atom is -0.494 e. The first-order chi connectivity index (χ1) is 10.2. The predicted octanol–water partition coefficient (Wildman–Crippen LogP) is 4.66. The van der Waals surface area contributed by atoms with Gasteiger partial charge in [-0.2, -0.15) is 0 Å². The molecule has 0 spiro atoms. The lowest BCUT2D eigenvalue weighted by Gasteiger charge is -2.19. The summed E-state index contributed by atoms with van der Waals surface area (Å²) < 4.78 is 11.2. The minimum atomic E-state index is 0.157. The van der Waals surface area contributed by atoms with Crippen LogP contribution < -0.4 is 14.8 Å². The van der Waals surface area contributed by atoms with E-state index in [1.807, 2.05) is 56.3 Å². The van der Waals surface area contributed by atoms with Gasteiger partial charge in [0.25, 0.3) is 0 Å². The monoisotopic (exact) mass is 285 g/mol. The van der Waals surface area contributed by atoms with E-state index in [0.29, 0.717) is 13.2 Å². The second-order valence-electron chi connectivity index (χ2n) is 4.80. The Bertz CT molecular complexity index is 569. The lowest BCUT2D eigenvalue weighted by molar-refractivity contribution is 0.335. The van der Waals surface area contributed by atoms with Crippen molar-refractivity contribution in [1.82, 2.24) is 0 Å². The molecular weight excluding hydrogens is 262 g/mol. The quantitative estimate of drug-likeness (QED) is 0.802. The van der Waals surface area contributed by atoms with Crippen LogP contribution in [-0.2, 0) is 0 Å². The number of ether oxygens (including phenoxy) is 2. The van der Waals surface area contributed by atoms with Crippen LogP contribution in [0.15, 0.2) is 48.5 Å². The summed E-state index contributed by atoms with van der Waals surface area (Å²) in [5, 5.41) is 3.50. The van der Waals surface area contributed by atoms with Crippen LogP contribution in [0.25, 0.3) is 0 Å². The maximum absolute atomic E-state index is 5.69. The molecule has 0 aliphatic heterocycles. The Hall–Kier alpha value is -2.16. The fraction of sp³-hybridized carbons (Fsp3) is 0.333. The Morgan fingerprint density at radius 3 is 2.48 bits per heavy atom. The summed E-state index contributed by atoms with van der Waals surface area (Å²) in [5.74, 6) is 1.81. The highest BCUT2D eigenvalue weighted by molar-refractivity contribution is 5.51. The van der Waals surface area contributed by atoms with Crippen molar-refractivity contribution in [2.75, 3.05) is 18.5 Å². The van der Waals surface area contributed by atoms with Gasteiger partial charge < -0.3 is 14.8 Å². The summed E-state index contributed by atoms with van der Waals surface area (Å²) in [7, 11) is 0. The highest BCUT2D eigenvalue weighted by Gasteiger charge is 2.11. The molecule has 3 heteroatoms. The van der Waals surface area contributed by atoms with Crippen molar-refractivity contribution in [3.05, 3.63) is 54.1 Å². The summed E-state index contributed by atoms with van der Waals surface area (Å²) in [6.45, 7) is 7.46. The maximum Gasteiger partial charge on any atom is 0.124 e. The highest BCUT2D eigenvalue weighted by atomic mass is 16.5. The fourth-order valence-electron chi connectivity index (χ4n) is 2.30. The molecule has 0 fully saturated rings. The molecule has 2 aromatic carbocycles. The SMILES string of the molecule is CCOc1cccc(NC(C)c2ccccc2OCC)c1. The molecule has 0 aliphatic rings. The van der Waals surface area contributed by atoms with Crippen molar-refractivity contribution in [1.29, 1.82) is 0 Å². The van der Waals surface area contributed by atoms with Crippen molar-refractivity contribution < 1.29 is 9.47 Å². The molecule has 3 nitrogen and oxygen atoms in total. The van der Waals surface area contributed by atoms with Gasteiger partial charge in [0.15, 0.2) is 0 Å². The third kappa shape index (κ3) is 4.15. The fourth-order valence-corrected chi connectivity index (χ4v) is 2.30. The van der Waals surface area contributed by atoms with Gasteiger partial charge in [0.05, 0.1) is 19.3 Å². The first kappa shape index (κ1) is 15.2. The first-order valence-electron chi connectivity index (χ1n) is 7.45. The van der Waals surface area contributed by atoms with Gasteiger partial charge in [0.2, 0.25) is 0 Å². The molecule has 2 aromatic rings. The van der Waals surface area contributed by atoms with E-state index in [9.17, 15) is 0 Å². The van der Waals surface area contributed by atoms with E-state index in [1.54, 1.807) is 0 Å². The van der Waals surface area contributed by atoms with Crippen LogP contribution in [0.1, 0.15) is 32.4 Å². The third-order valence-electron chi connectivity index (χ3n) is 3.21. The van der Waals surface area contributed by atoms with Gasteiger partial charge in [-0.05, 0) is 39.0 Å². The molecule has 0 aromatic heterocycles. The van der Waals surface area contributed by atoms with Crippen LogP contribution in [0.3, 0.4) is 0 Å². The summed E-state index contributed by atoms with van der Waals surface area (Å²) in [4.78, 5) is 0. The van der Waals surface area contributed by atoms with Crippen molar-refractivity contribution in [2.24, 2.45) is 0 Å². The van der Waals surface area contributed by atoms with Crippen LogP contribution >= 0.6 is 0 Å². The standard InChI is InChI=1S/C18H23NO2/c1-4-20-16-10-8-9-15(13-16)19-14(3)17-11-6-7-12-18(17)21-5-2/h6-14,19H,4-5H2,1-3H3. The van der Waals surface area contributed by atoms with Crippen LogP contribution in [-0.4, -0.2) is 13.2 Å². The van der Waals surface area contributed by atoms with Crippen molar-refractivity contribution in [2.45, 2.75) is 26.8 Å². The average molecular weight is 285 g/mol. The zero-order valence-electron chi connectivity index (χ0n) is 12.9. The minimum absolute atomic E-state index is 0.157. The van der Waals surface area contributed by atoms with E-state index in [-0.39, 0.29) is 6.04 Å². The van der Waals surface area contributed by atoms with E-state index >= 15 is 0 Å². The zero-order valence-corrected chi connectivity index (χ0v) is 12.9. The van der Waals surface area contributed by atoms with Crippen LogP contribution in [0, 0.1) is 0 Å². The Morgan fingerprint density at radius 2 is 1.71 bits per heavy atom. The molecule has 21 heavy (non-hydrogen) atoms. The smallest absolute Gasteiger partial charge is 0.124 e. The van der Waals surface area contributed by atoms with Gasteiger partial charge in [-0.15, -0.1) is 0 Å². The summed E-state index contributed by atoms with van der Waals surface area (Å²) >= 11 is 0. The first-order valence-corrected chi connectivity index (χ1v) is 7.45. The zero-order chi connectivity index (χ0) is 15.1. The molecule has 0 saturated heterocycles. The topological polar surface area (TPSA) is 30.5 Å². The van der Waals surface area contributed by atoms with Gasteiger partial charge in [-0.25, -0.2) is 0 Å². The van der Waals surface area contributed by atoms with E-state index in [2.05, 4.69) is 18.3 Å².